The second kappa shape index (κ2) is 7.28. The van der Waals surface area contributed by atoms with E-state index >= 15 is 0 Å². The van der Waals surface area contributed by atoms with Gasteiger partial charge in [-0.3, -0.25) is 9.78 Å². The van der Waals surface area contributed by atoms with Crippen molar-refractivity contribution in [3.63, 3.8) is 0 Å². The van der Waals surface area contributed by atoms with Crippen LogP contribution in [0.2, 0.25) is 5.02 Å². The molecule has 3 heterocycles. The maximum atomic E-state index is 13.7. The van der Waals surface area contributed by atoms with Crippen molar-refractivity contribution in [3.05, 3.63) is 75.8 Å². The van der Waals surface area contributed by atoms with E-state index < -0.39 is 0 Å². The first-order valence-corrected chi connectivity index (χ1v) is 9.34. The van der Waals surface area contributed by atoms with E-state index in [2.05, 4.69) is 15.2 Å². The van der Waals surface area contributed by atoms with E-state index in [9.17, 15) is 9.18 Å². The van der Waals surface area contributed by atoms with Crippen LogP contribution in [0.4, 0.5) is 4.39 Å². The lowest BCUT2D eigenvalue weighted by atomic mass is 9.92. The van der Waals surface area contributed by atoms with Crippen molar-refractivity contribution >= 4 is 17.5 Å². The Bertz CT molecular complexity index is 1050. The van der Waals surface area contributed by atoms with Gasteiger partial charge in [0, 0.05) is 36.3 Å². The summed E-state index contributed by atoms with van der Waals surface area (Å²) in [6.07, 6.45) is 3.98. The van der Waals surface area contributed by atoms with Crippen molar-refractivity contribution in [1.29, 1.82) is 0 Å². The number of nitrogens with zero attached hydrogens (tertiary/aromatic N) is 4. The molecular formula is C21H18ClFN4O. The van der Waals surface area contributed by atoms with E-state index in [0.717, 1.165) is 16.7 Å². The Labute approximate surface area is 167 Å². The average Bonchev–Trinajstić information content (AvgIpc) is 2.69. The molecule has 0 saturated carbocycles. The molecular weight excluding hydrogens is 379 g/mol. The number of hydrogen-bond donors (Lipinski definition) is 0. The number of carbonyl (C=O) groups is 1. The molecule has 28 heavy (non-hydrogen) atoms. The smallest absolute Gasteiger partial charge is 0.254 e. The molecule has 2 aromatic heterocycles. The zero-order valence-electron chi connectivity index (χ0n) is 15.5. The molecule has 4 rings (SSSR count). The molecule has 0 N–H and O–H groups in total. The largest absolute Gasteiger partial charge is 0.341 e. The first-order valence-electron chi connectivity index (χ1n) is 8.96. The topological polar surface area (TPSA) is 59.0 Å². The zero-order valence-corrected chi connectivity index (χ0v) is 16.2. The van der Waals surface area contributed by atoms with Crippen molar-refractivity contribution < 1.29 is 9.18 Å². The van der Waals surface area contributed by atoms with Crippen LogP contribution in [0.3, 0.4) is 0 Å². The Hall–Kier alpha value is -2.86. The third-order valence-corrected chi connectivity index (χ3v) is 5.35. The Morgan fingerprint density at radius 1 is 1.21 bits per heavy atom. The van der Waals surface area contributed by atoms with Gasteiger partial charge in [0.15, 0.2) is 0 Å². The molecule has 1 aliphatic heterocycles. The van der Waals surface area contributed by atoms with Crippen molar-refractivity contribution in [2.45, 2.75) is 19.3 Å². The third-order valence-electron chi connectivity index (χ3n) is 5.13. The van der Waals surface area contributed by atoms with Gasteiger partial charge in [0.05, 0.1) is 11.9 Å². The highest BCUT2D eigenvalue weighted by molar-refractivity contribution is 6.30. The van der Waals surface area contributed by atoms with Crippen LogP contribution in [0.25, 0.3) is 11.4 Å². The summed E-state index contributed by atoms with van der Waals surface area (Å²) >= 11 is 6.00. The van der Waals surface area contributed by atoms with Crippen LogP contribution in [0.15, 0.2) is 42.7 Å². The number of amides is 1. The van der Waals surface area contributed by atoms with Gasteiger partial charge < -0.3 is 4.90 Å². The van der Waals surface area contributed by atoms with Gasteiger partial charge in [-0.25, -0.2) is 4.39 Å². The predicted molar refractivity (Wildman–Crippen MR) is 105 cm³/mol. The van der Waals surface area contributed by atoms with Crippen molar-refractivity contribution in [3.8, 4) is 11.4 Å². The summed E-state index contributed by atoms with van der Waals surface area (Å²) in [5.74, 6) is -0.524. The monoisotopic (exact) mass is 396 g/mol. The first kappa shape index (κ1) is 18.5. The minimum Gasteiger partial charge on any atom is -0.341 e. The second-order valence-corrected chi connectivity index (χ2v) is 7.40. The summed E-state index contributed by atoms with van der Waals surface area (Å²) in [6.45, 7) is 2.59. The van der Waals surface area contributed by atoms with Crippen molar-refractivity contribution in [2.24, 2.45) is 0 Å². The normalized spacial score (nSPS) is 14.7. The minimum absolute atomic E-state index is 0.0169. The minimum atomic E-state index is -0.377. The Kier molecular flexibility index (Phi) is 4.81. The predicted octanol–water partition coefficient (Wildman–Crippen LogP) is 4.11. The lowest BCUT2D eigenvalue weighted by Crippen LogP contribution is -2.34. The van der Waals surface area contributed by atoms with E-state index in [1.165, 1.54) is 12.1 Å². The summed E-state index contributed by atoms with van der Waals surface area (Å²) in [6, 6.07) is 8.12. The Morgan fingerprint density at radius 3 is 2.82 bits per heavy atom. The van der Waals surface area contributed by atoms with E-state index in [1.54, 1.807) is 36.5 Å². The number of aromatic nitrogens is 3. The highest BCUT2D eigenvalue weighted by Gasteiger charge is 2.25. The molecule has 142 valence electrons. The number of benzene rings is 1. The van der Waals surface area contributed by atoms with Crippen LogP contribution < -0.4 is 0 Å². The summed E-state index contributed by atoms with van der Waals surface area (Å²) in [5.41, 5.74) is 4.42. The van der Waals surface area contributed by atoms with E-state index in [-0.39, 0.29) is 17.6 Å². The van der Waals surface area contributed by atoms with Gasteiger partial charge in [0.1, 0.15) is 11.5 Å². The molecule has 3 aromatic rings. The van der Waals surface area contributed by atoms with E-state index in [4.69, 9.17) is 11.6 Å². The lowest BCUT2D eigenvalue weighted by molar-refractivity contribution is 0.0781. The Balaban J connectivity index is 1.75. The SMILES string of the molecule is C[C@H](c1cc(F)cc(Cl)c1)c1cnnc(-c2nccc3c2CCN(C)C3=O)c1. The first-order chi connectivity index (χ1) is 13.4. The molecule has 1 aliphatic rings. The molecule has 1 aromatic carbocycles. The molecule has 0 radical (unpaired) electrons. The zero-order chi connectivity index (χ0) is 19.8. The van der Waals surface area contributed by atoms with Crippen LogP contribution in [0.1, 0.15) is 39.9 Å². The van der Waals surface area contributed by atoms with Crippen LogP contribution >= 0.6 is 11.6 Å². The summed E-state index contributed by atoms with van der Waals surface area (Å²) in [4.78, 5) is 18.6. The number of likely N-dealkylation sites (N-methyl/N-ethyl adjacent to an activating group) is 1. The highest BCUT2D eigenvalue weighted by atomic mass is 35.5. The quantitative estimate of drug-likeness (QED) is 0.668. The molecule has 1 amide bonds. The fourth-order valence-corrected chi connectivity index (χ4v) is 3.74. The van der Waals surface area contributed by atoms with E-state index in [1.807, 2.05) is 13.0 Å². The molecule has 0 aliphatic carbocycles. The van der Waals surface area contributed by atoms with Crippen molar-refractivity contribution in [1.82, 2.24) is 20.1 Å². The molecule has 7 heteroatoms. The van der Waals surface area contributed by atoms with E-state index in [0.29, 0.717) is 34.9 Å². The maximum absolute atomic E-state index is 13.7. The fraction of sp³-hybridized carbons (Fsp3) is 0.238. The summed E-state index contributed by atoms with van der Waals surface area (Å²) in [7, 11) is 1.79. The maximum Gasteiger partial charge on any atom is 0.254 e. The van der Waals surface area contributed by atoms with Crippen LogP contribution in [-0.4, -0.2) is 39.6 Å². The van der Waals surface area contributed by atoms with Crippen LogP contribution in [0.5, 0.6) is 0 Å². The molecule has 0 fully saturated rings. The standard InChI is InChI=1S/C21H18ClFN4O/c1-12(13-7-15(22)10-16(23)8-13)14-9-19(26-25-11-14)20-17-4-6-27(2)21(28)18(17)3-5-24-20/h3,5,7-12H,4,6H2,1-2H3/t12-/m1/s1. The number of pyridine rings is 1. The molecule has 0 saturated heterocycles. The number of rotatable bonds is 3. The van der Waals surface area contributed by atoms with Crippen LogP contribution in [-0.2, 0) is 6.42 Å². The summed E-state index contributed by atoms with van der Waals surface area (Å²) < 4.78 is 13.7. The highest BCUT2D eigenvalue weighted by Crippen LogP contribution is 2.31. The second-order valence-electron chi connectivity index (χ2n) is 6.96. The molecule has 1 atom stereocenters. The molecule has 0 unspecified atom stereocenters. The average molecular weight is 397 g/mol. The van der Waals surface area contributed by atoms with Gasteiger partial charge in [-0.2, -0.15) is 5.10 Å². The molecule has 5 nitrogen and oxygen atoms in total. The third kappa shape index (κ3) is 3.36. The van der Waals surface area contributed by atoms with Gasteiger partial charge in [0.25, 0.3) is 5.91 Å². The lowest BCUT2D eigenvalue weighted by Gasteiger charge is -2.25. The van der Waals surface area contributed by atoms with Crippen LogP contribution in [0, 0.1) is 5.82 Å². The number of carbonyl (C=O) groups excluding carboxylic acids is 1. The van der Waals surface area contributed by atoms with Gasteiger partial charge in [-0.05, 0) is 53.4 Å². The van der Waals surface area contributed by atoms with Gasteiger partial charge in [0.2, 0.25) is 0 Å². The van der Waals surface area contributed by atoms with Gasteiger partial charge in [-0.15, -0.1) is 5.10 Å². The molecule has 0 spiro atoms. The fourth-order valence-electron chi connectivity index (χ4n) is 3.51. The van der Waals surface area contributed by atoms with Gasteiger partial charge >= 0.3 is 0 Å². The number of halogens is 2. The van der Waals surface area contributed by atoms with Crippen molar-refractivity contribution in [2.75, 3.05) is 13.6 Å². The molecule has 0 bridgehead atoms. The van der Waals surface area contributed by atoms with Gasteiger partial charge in [-0.1, -0.05) is 18.5 Å². The number of fused-ring (bicyclic) bond motifs is 1. The number of hydrogen-bond acceptors (Lipinski definition) is 4. The Morgan fingerprint density at radius 2 is 2.04 bits per heavy atom. The summed E-state index contributed by atoms with van der Waals surface area (Å²) in [5, 5.41) is 8.71.